The van der Waals surface area contributed by atoms with E-state index in [1.54, 1.807) is 0 Å². The van der Waals surface area contributed by atoms with Crippen LogP contribution in [0.4, 0.5) is 0 Å². The van der Waals surface area contributed by atoms with Gasteiger partial charge in [-0.25, -0.2) is 0 Å². The zero-order valence-electron chi connectivity index (χ0n) is 9.32. The van der Waals surface area contributed by atoms with E-state index in [1.165, 1.54) is 22.2 Å². The van der Waals surface area contributed by atoms with Crippen molar-refractivity contribution in [2.45, 2.75) is 51.6 Å². The first-order chi connectivity index (χ1) is 5.16. The Hall–Kier alpha value is 0.611. The molecule has 0 aromatic heterocycles. The lowest BCUT2D eigenvalue weighted by Crippen LogP contribution is -2.66. The molecule has 0 N–H and O–H groups in total. The van der Waals surface area contributed by atoms with Crippen molar-refractivity contribution in [1.82, 2.24) is 0 Å². The molecule has 0 aromatic carbocycles. The second-order valence-electron chi connectivity index (χ2n) is 5.76. The van der Waals surface area contributed by atoms with Gasteiger partial charge in [0.2, 0.25) is 0 Å². The summed E-state index contributed by atoms with van der Waals surface area (Å²) in [7, 11) is -0.681. The molecular weight excluding hydrogens is 196 g/mol. The summed E-state index contributed by atoms with van der Waals surface area (Å²) in [5.41, 5.74) is 0.187. The molecule has 0 spiro atoms. The molecule has 0 amide bonds. The summed E-state index contributed by atoms with van der Waals surface area (Å²) >= 11 is 0. The Kier molecular flexibility index (Phi) is 2.49. The minimum Gasteiger partial charge on any atom is -0.415 e. The Morgan fingerprint density at radius 3 is 2.08 bits per heavy atom. The van der Waals surface area contributed by atoms with Crippen molar-refractivity contribution in [2.75, 3.05) is 0 Å². The van der Waals surface area contributed by atoms with Gasteiger partial charge in [-0.2, -0.15) is 0 Å². The van der Waals surface area contributed by atoms with Crippen LogP contribution in [0.3, 0.4) is 0 Å². The lowest BCUT2D eigenvalue weighted by molar-refractivity contribution is 0.0940. The monoisotopic (exact) mass is 218 g/mol. The highest BCUT2D eigenvalue weighted by molar-refractivity contribution is 7.55. The van der Waals surface area contributed by atoms with Crippen LogP contribution in [0.2, 0.25) is 25.7 Å². The lowest BCUT2D eigenvalue weighted by Gasteiger charge is -2.49. The first kappa shape index (κ1) is 10.7. The molecular formula is C8H22OSi3. The fraction of sp³-hybridized carbons (Fsp3) is 1.00. The van der Waals surface area contributed by atoms with Crippen LogP contribution in [0.5, 0.6) is 0 Å². The second kappa shape index (κ2) is 2.80. The summed E-state index contributed by atoms with van der Waals surface area (Å²) in [6, 6.07) is 1.52. The topological polar surface area (TPSA) is 9.23 Å². The van der Waals surface area contributed by atoms with Crippen molar-refractivity contribution < 1.29 is 4.43 Å². The van der Waals surface area contributed by atoms with E-state index in [0.29, 0.717) is 0 Å². The van der Waals surface area contributed by atoms with Gasteiger partial charge in [-0.3, -0.25) is 0 Å². The van der Waals surface area contributed by atoms with E-state index >= 15 is 0 Å². The summed E-state index contributed by atoms with van der Waals surface area (Å²) in [6.07, 6.45) is 1.30. The normalized spacial score (nSPS) is 39.8. The van der Waals surface area contributed by atoms with E-state index in [4.69, 9.17) is 4.43 Å². The molecule has 0 aromatic rings. The molecule has 72 valence electrons. The van der Waals surface area contributed by atoms with Gasteiger partial charge in [-0.1, -0.05) is 12.6 Å². The Labute approximate surface area is 81.0 Å². The number of hydrogen-bond donors (Lipinski definition) is 0. The first-order valence-corrected chi connectivity index (χ1v) is 15.0. The van der Waals surface area contributed by atoms with Gasteiger partial charge in [0.25, 0.3) is 0 Å². The maximum Gasteiger partial charge on any atom is 0.171 e. The number of hydrogen-bond acceptors (Lipinski definition) is 1. The molecule has 0 saturated carbocycles. The Morgan fingerprint density at radius 1 is 1.25 bits per heavy atom. The van der Waals surface area contributed by atoms with Crippen LogP contribution in [0.25, 0.3) is 0 Å². The fourth-order valence-electron chi connectivity index (χ4n) is 1.79. The molecule has 1 atom stereocenters. The molecule has 1 heterocycles. The predicted octanol–water partition coefficient (Wildman–Crippen LogP) is 1.41. The predicted molar refractivity (Wildman–Crippen MR) is 63.6 cm³/mol. The second-order valence-corrected chi connectivity index (χ2v) is 30.5. The summed E-state index contributed by atoms with van der Waals surface area (Å²) in [5.74, 6) is 0. The average molecular weight is 219 g/mol. The van der Waals surface area contributed by atoms with Crippen LogP contribution in [0.15, 0.2) is 0 Å². The lowest BCUT2D eigenvalue weighted by atomic mass is 10.1. The molecule has 12 heavy (non-hydrogen) atoms. The smallest absolute Gasteiger partial charge is 0.171 e. The van der Waals surface area contributed by atoms with Crippen LogP contribution in [0.1, 0.15) is 20.3 Å². The van der Waals surface area contributed by atoms with Crippen molar-refractivity contribution in [3.63, 3.8) is 0 Å². The van der Waals surface area contributed by atoms with Gasteiger partial charge in [0.1, 0.15) is 0 Å². The van der Waals surface area contributed by atoms with Crippen molar-refractivity contribution in [3.8, 4) is 0 Å². The van der Waals surface area contributed by atoms with Gasteiger partial charge in [0.15, 0.2) is 7.83 Å². The maximum atomic E-state index is 6.31. The van der Waals surface area contributed by atoms with Crippen LogP contribution < -0.4 is 0 Å². The molecule has 1 unspecified atom stereocenters. The van der Waals surface area contributed by atoms with Gasteiger partial charge < -0.3 is 4.43 Å². The summed E-state index contributed by atoms with van der Waals surface area (Å²) in [4.78, 5) is 0. The molecule has 1 nitrogen and oxygen atoms in total. The summed E-state index contributed by atoms with van der Waals surface area (Å²) < 4.78 is 6.31. The zero-order valence-corrected chi connectivity index (χ0v) is 13.3. The maximum absolute atomic E-state index is 6.31. The third-order valence-electron chi connectivity index (χ3n) is 3.51. The van der Waals surface area contributed by atoms with Crippen molar-refractivity contribution in [1.29, 1.82) is 0 Å². The first-order valence-electron chi connectivity index (χ1n) is 4.87. The van der Waals surface area contributed by atoms with E-state index < -0.39 is 14.9 Å². The van der Waals surface area contributed by atoms with Gasteiger partial charge in [0, 0.05) is 0 Å². The molecule has 1 rings (SSSR count). The van der Waals surface area contributed by atoms with E-state index in [9.17, 15) is 0 Å². The highest BCUT2D eigenvalue weighted by Gasteiger charge is 2.49. The molecule has 1 saturated heterocycles. The fourth-order valence-corrected chi connectivity index (χ4v) is 10.9. The van der Waals surface area contributed by atoms with Gasteiger partial charge in [0.05, 0.1) is 12.7 Å². The zero-order chi connectivity index (χ0) is 9.62. The van der Waals surface area contributed by atoms with Gasteiger partial charge in [-0.15, -0.1) is 0 Å². The summed E-state index contributed by atoms with van der Waals surface area (Å²) in [5, 5.41) is 0. The molecule has 0 bridgehead atoms. The van der Waals surface area contributed by atoms with E-state index in [-0.39, 0.29) is 5.60 Å². The largest absolute Gasteiger partial charge is 0.415 e. The summed E-state index contributed by atoms with van der Waals surface area (Å²) in [6.45, 7) is 11.9. The third kappa shape index (κ3) is 1.92. The quantitative estimate of drug-likeness (QED) is 0.559. The van der Waals surface area contributed by atoms with E-state index in [2.05, 4.69) is 33.5 Å². The van der Waals surface area contributed by atoms with Crippen LogP contribution in [0, 0.1) is 0 Å². The van der Waals surface area contributed by atoms with Crippen LogP contribution >= 0.6 is 0 Å². The molecule has 1 aliphatic heterocycles. The number of rotatable bonds is 0. The molecule has 0 radical (unpaired) electrons. The van der Waals surface area contributed by atoms with Crippen LogP contribution in [-0.2, 0) is 4.43 Å². The molecule has 0 aliphatic carbocycles. The minimum absolute atomic E-state index is 0.187. The van der Waals surface area contributed by atoms with Crippen LogP contribution in [-0.4, -0.2) is 30.3 Å². The molecule has 4 heteroatoms. The van der Waals surface area contributed by atoms with Crippen molar-refractivity contribution in [2.24, 2.45) is 0 Å². The minimum atomic E-state index is -1.25. The third-order valence-corrected chi connectivity index (χ3v) is 32.5. The SMILES string of the molecule is CC1(C)CC[Si](C)([SiH3])[Si](C)(C)O1. The molecule has 1 aliphatic rings. The Balaban J connectivity index is 2.82. The Bertz CT molecular complexity index is 187. The van der Waals surface area contributed by atoms with E-state index in [0.717, 1.165) is 0 Å². The van der Waals surface area contributed by atoms with Gasteiger partial charge in [-0.05, 0) is 43.1 Å². The van der Waals surface area contributed by atoms with Gasteiger partial charge >= 0.3 is 0 Å². The highest BCUT2D eigenvalue weighted by Crippen LogP contribution is 2.36. The average Bonchev–Trinajstić information content (AvgIpc) is 1.79. The standard InChI is InChI=1S/C8H22OSi3/c1-8(2)6-7-12(5,10)11(3,4)9-8/h6-7H2,1-5,10H3. The van der Waals surface area contributed by atoms with Crippen molar-refractivity contribution in [3.05, 3.63) is 0 Å². The highest BCUT2D eigenvalue weighted by atomic mass is 29.6. The molecule has 1 fully saturated rings. The van der Waals surface area contributed by atoms with Crippen molar-refractivity contribution >= 4 is 24.7 Å². The van der Waals surface area contributed by atoms with E-state index in [1.807, 2.05) is 0 Å². The Morgan fingerprint density at radius 2 is 1.75 bits per heavy atom.